The van der Waals surface area contributed by atoms with Crippen molar-refractivity contribution in [1.29, 1.82) is 0 Å². The molecule has 0 nitrogen and oxygen atoms in total. The van der Waals surface area contributed by atoms with Gasteiger partial charge in [-0.05, 0) is 63.1 Å². The van der Waals surface area contributed by atoms with Crippen molar-refractivity contribution in [1.82, 2.24) is 0 Å². The van der Waals surface area contributed by atoms with Crippen LogP contribution in [0.3, 0.4) is 0 Å². The topological polar surface area (TPSA) is 0 Å². The van der Waals surface area contributed by atoms with E-state index in [0.29, 0.717) is 0 Å². The first-order valence-corrected chi connectivity index (χ1v) is 5.42. The van der Waals surface area contributed by atoms with Gasteiger partial charge in [-0.1, -0.05) is 12.8 Å². The number of rotatable bonds is 0. The summed E-state index contributed by atoms with van der Waals surface area (Å²) in [6.45, 7) is 0. The quantitative estimate of drug-likeness (QED) is 0.573. The van der Waals surface area contributed by atoms with Gasteiger partial charge in [-0.25, -0.2) is 0 Å². The zero-order valence-electron chi connectivity index (χ0n) is 6.00. The highest BCUT2D eigenvalue weighted by atomic mass is 79.9. The van der Waals surface area contributed by atoms with Crippen LogP contribution >= 0.6 is 31.9 Å². The molecule has 0 saturated heterocycles. The molecule has 10 heavy (non-hydrogen) atoms. The molecule has 58 valence electrons. The van der Waals surface area contributed by atoms with Crippen molar-refractivity contribution in [3.63, 3.8) is 0 Å². The fraction of sp³-hybridized carbons (Fsp3) is 0.750. The average Bonchev–Trinajstić information content (AvgIpc) is 2.12. The Balaban J connectivity index is 2.51. The minimum Gasteiger partial charge on any atom is -0.0530 e. The third kappa shape index (κ3) is 2.75. The third-order valence-corrected chi connectivity index (χ3v) is 3.10. The first-order chi connectivity index (χ1) is 4.80. The second-order valence-electron chi connectivity index (χ2n) is 2.78. The van der Waals surface area contributed by atoms with Crippen LogP contribution in [0, 0.1) is 0 Å². The van der Waals surface area contributed by atoms with Crippen molar-refractivity contribution in [2.24, 2.45) is 0 Å². The van der Waals surface area contributed by atoms with Crippen LogP contribution in [0.4, 0.5) is 0 Å². The van der Waals surface area contributed by atoms with E-state index < -0.39 is 0 Å². The first-order valence-electron chi connectivity index (χ1n) is 3.84. The summed E-state index contributed by atoms with van der Waals surface area (Å²) in [6, 6.07) is 0. The summed E-state index contributed by atoms with van der Waals surface area (Å²) in [5.41, 5.74) is 1.57. The summed E-state index contributed by atoms with van der Waals surface area (Å²) in [5.74, 6) is 0. The zero-order chi connectivity index (χ0) is 7.40. The van der Waals surface area contributed by atoms with Gasteiger partial charge < -0.3 is 0 Å². The van der Waals surface area contributed by atoms with Crippen molar-refractivity contribution in [3.05, 3.63) is 8.96 Å². The molecule has 0 atom stereocenters. The fourth-order valence-electron chi connectivity index (χ4n) is 1.34. The molecule has 0 heterocycles. The zero-order valence-corrected chi connectivity index (χ0v) is 9.17. The largest absolute Gasteiger partial charge is 0.0596 e. The highest BCUT2D eigenvalue weighted by molar-refractivity contribution is 9.28. The van der Waals surface area contributed by atoms with Gasteiger partial charge in [0.15, 0.2) is 0 Å². The fourth-order valence-corrected chi connectivity index (χ4v) is 2.14. The molecule has 1 aliphatic carbocycles. The lowest BCUT2D eigenvalue weighted by Crippen LogP contribution is -1.79. The average molecular weight is 268 g/mol. The van der Waals surface area contributed by atoms with E-state index in [-0.39, 0.29) is 0 Å². The Labute approximate surface area is 79.3 Å². The molecule has 1 rings (SSSR count). The Morgan fingerprint density at radius 3 is 1.80 bits per heavy atom. The molecule has 0 aromatic rings. The summed E-state index contributed by atoms with van der Waals surface area (Å²) < 4.78 is 1.20. The van der Waals surface area contributed by atoms with E-state index in [9.17, 15) is 0 Å². The molecule has 0 aliphatic heterocycles. The van der Waals surface area contributed by atoms with Crippen LogP contribution in [-0.4, -0.2) is 0 Å². The van der Waals surface area contributed by atoms with Crippen LogP contribution in [0.15, 0.2) is 8.96 Å². The molecular weight excluding hydrogens is 256 g/mol. The van der Waals surface area contributed by atoms with Crippen molar-refractivity contribution in [2.75, 3.05) is 0 Å². The molecule has 0 spiro atoms. The molecule has 1 aliphatic rings. The van der Waals surface area contributed by atoms with Crippen LogP contribution < -0.4 is 0 Å². The normalized spacial score (nSPS) is 20.4. The lowest BCUT2D eigenvalue weighted by Gasteiger charge is -2.00. The van der Waals surface area contributed by atoms with Gasteiger partial charge in [0, 0.05) is 0 Å². The summed E-state index contributed by atoms with van der Waals surface area (Å²) >= 11 is 6.93. The molecule has 0 radical (unpaired) electrons. The van der Waals surface area contributed by atoms with Gasteiger partial charge in [-0.3, -0.25) is 0 Å². The van der Waals surface area contributed by atoms with Crippen LogP contribution in [0.2, 0.25) is 0 Å². The Hall–Kier alpha value is 0.700. The Bertz CT molecular complexity index is 124. The van der Waals surface area contributed by atoms with Gasteiger partial charge in [-0.2, -0.15) is 0 Å². The summed E-state index contributed by atoms with van der Waals surface area (Å²) in [5, 5.41) is 0. The van der Waals surface area contributed by atoms with Crippen LogP contribution in [0.1, 0.15) is 38.5 Å². The van der Waals surface area contributed by atoms with E-state index in [1.807, 2.05) is 0 Å². The Kier molecular flexibility index (Phi) is 4.00. The van der Waals surface area contributed by atoms with Crippen molar-refractivity contribution in [2.45, 2.75) is 38.5 Å². The summed E-state index contributed by atoms with van der Waals surface area (Å²) in [6.07, 6.45) is 8.14. The summed E-state index contributed by atoms with van der Waals surface area (Å²) in [7, 11) is 0. The number of halogens is 2. The summed E-state index contributed by atoms with van der Waals surface area (Å²) in [4.78, 5) is 0. The van der Waals surface area contributed by atoms with Crippen LogP contribution in [0.5, 0.6) is 0 Å². The minimum atomic E-state index is 1.20. The smallest absolute Gasteiger partial charge is 0.0530 e. The van der Waals surface area contributed by atoms with Gasteiger partial charge in [-0.15, -0.1) is 0 Å². The van der Waals surface area contributed by atoms with Crippen molar-refractivity contribution < 1.29 is 0 Å². The van der Waals surface area contributed by atoms with E-state index in [1.165, 1.54) is 41.9 Å². The highest BCUT2D eigenvalue weighted by Gasteiger charge is 2.05. The second kappa shape index (κ2) is 4.55. The number of allylic oxidation sites excluding steroid dienone is 1. The van der Waals surface area contributed by atoms with Crippen LogP contribution in [-0.2, 0) is 0 Å². The first kappa shape index (κ1) is 8.79. The maximum Gasteiger partial charge on any atom is 0.0596 e. The Morgan fingerprint density at radius 2 is 1.40 bits per heavy atom. The van der Waals surface area contributed by atoms with Gasteiger partial charge in [0.05, 0.1) is 3.39 Å². The van der Waals surface area contributed by atoms with E-state index in [0.717, 1.165) is 0 Å². The highest BCUT2D eigenvalue weighted by Crippen LogP contribution is 2.30. The Morgan fingerprint density at radius 1 is 0.900 bits per heavy atom. The lowest BCUT2D eigenvalue weighted by molar-refractivity contribution is 0.702. The SMILES string of the molecule is BrC(Br)=C1CCCCCC1. The monoisotopic (exact) mass is 266 g/mol. The molecule has 1 saturated carbocycles. The van der Waals surface area contributed by atoms with E-state index in [1.54, 1.807) is 5.57 Å². The maximum absolute atomic E-state index is 3.47. The van der Waals surface area contributed by atoms with Crippen molar-refractivity contribution in [3.8, 4) is 0 Å². The van der Waals surface area contributed by atoms with E-state index >= 15 is 0 Å². The second-order valence-corrected chi connectivity index (χ2v) is 5.43. The van der Waals surface area contributed by atoms with Gasteiger partial charge in [0.2, 0.25) is 0 Å². The third-order valence-electron chi connectivity index (χ3n) is 1.97. The van der Waals surface area contributed by atoms with Gasteiger partial charge in [0.1, 0.15) is 0 Å². The molecule has 0 aromatic heterocycles. The molecule has 1 fully saturated rings. The van der Waals surface area contributed by atoms with Gasteiger partial charge >= 0.3 is 0 Å². The lowest BCUT2D eigenvalue weighted by atomic mass is 10.1. The molecule has 0 N–H and O–H groups in total. The molecule has 0 aromatic carbocycles. The van der Waals surface area contributed by atoms with E-state index in [4.69, 9.17) is 0 Å². The standard InChI is InChI=1S/C8H12Br2/c9-8(10)7-5-3-1-2-4-6-7/h1-6H2. The minimum absolute atomic E-state index is 1.20. The predicted octanol–water partition coefficient (Wildman–Crippen LogP) is 4.34. The van der Waals surface area contributed by atoms with Crippen LogP contribution in [0.25, 0.3) is 0 Å². The van der Waals surface area contributed by atoms with Gasteiger partial charge in [0.25, 0.3) is 0 Å². The predicted molar refractivity (Wildman–Crippen MR) is 52.6 cm³/mol. The molecule has 0 unspecified atom stereocenters. The van der Waals surface area contributed by atoms with Crippen molar-refractivity contribution >= 4 is 31.9 Å². The molecular formula is C8H12Br2. The molecule has 2 heteroatoms. The molecule has 0 bridgehead atoms. The number of hydrogen-bond donors (Lipinski definition) is 0. The number of hydrogen-bond acceptors (Lipinski definition) is 0. The van der Waals surface area contributed by atoms with E-state index in [2.05, 4.69) is 31.9 Å². The maximum atomic E-state index is 3.47. The molecule has 0 amide bonds.